The first-order valence-electron chi connectivity index (χ1n) is 10.9. The number of hydrogen-bond acceptors (Lipinski definition) is 5. The minimum absolute atomic E-state index is 0.0528. The molecule has 0 aliphatic rings. The van der Waals surface area contributed by atoms with Crippen LogP contribution < -0.4 is 4.74 Å². The number of hydrogen-bond donors (Lipinski definition) is 0. The maximum Gasteiger partial charge on any atom is 0.244 e. The van der Waals surface area contributed by atoms with Crippen LogP contribution in [0, 0.1) is 11.3 Å². The third-order valence-corrected chi connectivity index (χ3v) is 6.89. The molecule has 0 saturated carbocycles. The van der Waals surface area contributed by atoms with Crippen molar-refractivity contribution in [1.82, 2.24) is 9.55 Å². The molecule has 5 rings (SSSR count). The van der Waals surface area contributed by atoms with Crippen molar-refractivity contribution in [2.75, 3.05) is 7.11 Å². The lowest BCUT2D eigenvalue weighted by Gasteiger charge is -2.14. The van der Waals surface area contributed by atoms with Gasteiger partial charge < -0.3 is 4.74 Å². The van der Waals surface area contributed by atoms with E-state index < -0.39 is 5.25 Å². The fourth-order valence-corrected chi connectivity index (χ4v) is 5.03. The second kappa shape index (κ2) is 9.05. The third kappa shape index (κ3) is 3.81. The molecule has 34 heavy (non-hydrogen) atoms. The average Bonchev–Trinajstić information content (AvgIpc) is 3.22. The first-order valence-corrected chi connectivity index (χ1v) is 11.7. The van der Waals surface area contributed by atoms with Gasteiger partial charge in [0.1, 0.15) is 16.8 Å². The Morgan fingerprint density at radius 3 is 2.15 bits per heavy atom. The highest BCUT2D eigenvalue weighted by atomic mass is 32.2. The monoisotopic (exact) mass is 463 g/mol. The molecule has 0 N–H and O–H groups in total. The quantitative estimate of drug-likeness (QED) is 0.276. The highest BCUT2D eigenvalue weighted by molar-refractivity contribution is 8.00. The molecule has 0 saturated heterocycles. The minimum Gasteiger partial charge on any atom is -0.497 e. The summed E-state index contributed by atoms with van der Waals surface area (Å²) in [4.78, 5) is 18.4. The molecule has 2 aromatic heterocycles. The molecule has 0 fully saturated rings. The standard InChI is InChI=1S/C28H21N3O2S/c1-18(28(32)31-25-9-5-3-7-22(25)23-8-4-6-10-26(23)31)34-27-20(17-29)13-16-24(30-27)19-11-14-21(33-2)15-12-19/h3-16,18H,1-2H3. The molecule has 1 unspecified atom stereocenters. The van der Waals surface area contributed by atoms with Gasteiger partial charge in [-0.25, -0.2) is 4.98 Å². The van der Waals surface area contributed by atoms with Gasteiger partial charge in [-0.05, 0) is 55.5 Å². The summed E-state index contributed by atoms with van der Waals surface area (Å²) in [6.07, 6.45) is 0. The maximum atomic E-state index is 13.7. The molecule has 5 nitrogen and oxygen atoms in total. The van der Waals surface area contributed by atoms with Crippen molar-refractivity contribution in [1.29, 1.82) is 5.26 Å². The van der Waals surface area contributed by atoms with E-state index in [1.165, 1.54) is 11.8 Å². The van der Waals surface area contributed by atoms with Crippen molar-refractivity contribution in [3.8, 4) is 23.1 Å². The Hall–Kier alpha value is -4.08. The van der Waals surface area contributed by atoms with Crippen LogP contribution in [-0.2, 0) is 0 Å². The van der Waals surface area contributed by atoms with E-state index in [4.69, 9.17) is 9.72 Å². The zero-order valence-corrected chi connectivity index (χ0v) is 19.5. The number of rotatable bonds is 5. The van der Waals surface area contributed by atoms with Crippen LogP contribution in [0.2, 0.25) is 0 Å². The number of benzene rings is 3. The predicted octanol–water partition coefficient (Wildman–Crippen LogP) is 6.56. The summed E-state index contributed by atoms with van der Waals surface area (Å²) in [6, 6.07) is 29.2. The first-order chi connectivity index (χ1) is 16.6. The lowest BCUT2D eigenvalue weighted by Crippen LogP contribution is -2.21. The number of para-hydroxylation sites is 2. The Labute approximate surface area is 201 Å². The Morgan fingerprint density at radius 2 is 1.56 bits per heavy atom. The molecule has 0 radical (unpaired) electrons. The van der Waals surface area contributed by atoms with E-state index in [-0.39, 0.29) is 5.91 Å². The second-order valence-corrected chi connectivity index (χ2v) is 9.19. The van der Waals surface area contributed by atoms with E-state index in [0.29, 0.717) is 10.6 Å². The van der Waals surface area contributed by atoms with Crippen molar-refractivity contribution in [3.63, 3.8) is 0 Å². The molecule has 2 heterocycles. The molecule has 0 aliphatic heterocycles. The first kappa shape index (κ1) is 21.7. The van der Waals surface area contributed by atoms with Crippen LogP contribution in [0.25, 0.3) is 33.1 Å². The van der Waals surface area contributed by atoms with E-state index in [1.54, 1.807) is 17.7 Å². The van der Waals surface area contributed by atoms with Crippen molar-refractivity contribution in [2.24, 2.45) is 0 Å². The Bertz CT molecular complexity index is 1510. The summed E-state index contributed by atoms with van der Waals surface area (Å²) in [7, 11) is 1.62. The molecular weight excluding hydrogens is 442 g/mol. The zero-order valence-electron chi connectivity index (χ0n) is 18.7. The van der Waals surface area contributed by atoms with E-state index in [0.717, 1.165) is 38.8 Å². The van der Waals surface area contributed by atoms with E-state index >= 15 is 0 Å². The fraction of sp³-hybridized carbons (Fsp3) is 0.107. The van der Waals surface area contributed by atoms with Crippen LogP contribution in [0.4, 0.5) is 0 Å². The van der Waals surface area contributed by atoms with Gasteiger partial charge in [0.05, 0.1) is 34.7 Å². The average molecular weight is 464 g/mol. The summed E-state index contributed by atoms with van der Waals surface area (Å²) >= 11 is 1.31. The van der Waals surface area contributed by atoms with Gasteiger partial charge in [-0.2, -0.15) is 5.26 Å². The number of nitriles is 1. The molecular formula is C28H21N3O2S. The van der Waals surface area contributed by atoms with Crippen LogP contribution in [0.1, 0.15) is 17.3 Å². The lowest BCUT2D eigenvalue weighted by molar-refractivity contribution is 0.0925. The predicted molar refractivity (Wildman–Crippen MR) is 136 cm³/mol. The number of aromatic nitrogens is 2. The Morgan fingerprint density at radius 1 is 0.941 bits per heavy atom. The van der Waals surface area contributed by atoms with Crippen molar-refractivity contribution in [3.05, 3.63) is 90.5 Å². The van der Waals surface area contributed by atoms with Crippen molar-refractivity contribution >= 4 is 39.5 Å². The van der Waals surface area contributed by atoms with E-state index in [1.807, 2.05) is 85.8 Å². The summed E-state index contributed by atoms with van der Waals surface area (Å²) in [6.45, 7) is 1.86. The van der Waals surface area contributed by atoms with Crippen molar-refractivity contribution < 1.29 is 9.53 Å². The highest BCUT2D eigenvalue weighted by Crippen LogP contribution is 2.33. The van der Waals surface area contributed by atoms with Gasteiger partial charge in [0.2, 0.25) is 5.91 Å². The molecule has 0 bridgehead atoms. The van der Waals surface area contributed by atoms with Gasteiger partial charge >= 0.3 is 0 Å². The van der Waals surface area contributed by atoms with Gasteiger partial charge in [-0.15, -0.1) is 0 Å². The minimum atomic E-state index is -0.454. The number of carbonyl (C=O) groups excluding carboxylic acids is 1. The van der Waals surface area contributed by atoms with Crippen molar-refractivity contribution in [2.45, 2.75) is 17.2 Å². The number of pyridine rings is 1. The number of nitrogens with zero attached hydrogens (tertiary/aromatic N) is 3. The molecule has 5 aromatic rings. The largest absolute Gasteiger partial charge is 0.497 e. The normalized spacial score (nSPS) is 11.9. The Balaban J connectivity index is 1.51. The SMILES string of the molecule is COc1ccc(-c2ccc(C#N)c(SC(C)C(=O)n3c4ccccc4c4ccccc43)n2)cc1. The molecule has 0 spiro atoms. The molecule has 166 valence electrons. The lowest BCUT2D eigenvalue weighted by atomic mass is 10.1. The van der Waals surface area contributed by atoms with Gasteiger partial charge in [-0.3, -0.25) is 9.36 Å². The number of carbonyl (C=O) groups is 1. The summed E-state index contributed by atoms with van der Waals surface area (Å²) < 4.78 is 7.01. The smallest absolute Gasteiger partial charge is 0.244 e. The fourth-order valence-electron chi connectivity index (χ4n) is 4.10. The number of methoxy groups -OCH3 is 1. The number of ether oxygens (including phenoxy) is 1. The van der Waals surface area contributed by atoms with Gasteiger partial charge in [0, 0.05) is 16.3 Å². The summed E-state index contributed by atoms with van der Waals surface area (Å²) in [5.41, 5.74) is 3.85. The number of fused-ring (bicyclic) bond motifs is 3. The van der Waals surface area contributed by atoms with Gasteiger partial charge in [0.15, 0.2) is 0 Å². The van der Waals surface area contributed by atoms with Crippen LogP contribution in [0.5, 0.6) is 5.75 Å². The Kier molecular flexibility index (Phi) is 5.79. The molecule has 6 heteroatoms. The van der Waals surface area contributed by atoms with Crippen LogP contribution >= 0.6 is 11.8 Å². The van der Waals surface area contributed by atoms with E-state index in [2.05, 4.69) is 6.07 Å². The number of thioether (sulfide) groups is 1. The molecule has 3 aromatic carbocycles. The topological polar surface area (TPSA) is 67.9 Å². The van der Waals surface area contributed by atoms with E-state index in [9.17, 15) is 10.1 Å². The van der Waals surface area contributed by atoms with Gasteiger partial charge in [-0.1, -0.05) is 48.2 Å². The second-order valence-electron chi connectivity index (χ2n) is 7.86. The van der Waals surface area contributed by atoms with Crippen LogP contribution in [-0.4, -0.2) is 27.8 Å². The van der Waals surface area contributed by atoms with Crippen LogP contribution in [0.3, 0.4) is 0 Å². The van der Waals surface area contributed by atoms with Gasteiger partial charge in [0.25, 0.3) is 0 Å². The molecule has 0 amide bonds. The zero-order chi connectivity index (χ0) is 23.7. The maximum absolute atomic E-state index is 13.7. The summed E-state index contributed by atoms with van der Waals surface area (Å²) in [5, 5.41) is 11.8. The molecule has 0 aliphatic carbocycles. The summed E-state index contributed by atoms with van der Waals surface area (Å²) in [5.74, 6) is 0.709. The highest BCUT2D eigenvalue weighted by Gasteiger charge is 2.23. The van der Waals surface area contributed by atoms with Crippen LogP contribution in [0.15, 0.2) is 90.0 Å². The molecule has 1 atom stereocenters. The third-order valence-electron chi connectivity index (χ3n) is 5.80.